The van der Waals surface area contributed by atoms with Crippen molar-refractivity contribution in [2.24, 2.45) is 0 Å². The summed E-state index contributed by atoms with van der Waals surface area (Å²) in [6, 6.07) is 7.41. The SMILES string of the molecule is Cc1sc2nc(S[C@@H](C)C(=O)N3CC(=O)Nc4ccccc43)n(C3CCCC3)c(=O)c2c1C. The highest BCUT2D eigenvalue weighted by Crippen LogP contribution is 2.37. The minimum Gasteiger partial charge on any atom is -0.323 e. The monoisotopic (exact) mass is 482 g/mol. The van der Waals surface area contributed by atoms with E-state index in [0.29, 0.717) is 21.9 Å². The first kappa shape index (κ1) is 22.2. The van der Waals surface area contributed by atoms with Crippen LogP contribution in [0.15, 0.2) is 34.2 Å². The number of aromatic nitrogens is 2. The predicted octanol–water partition coefficient (Wildman–Crippen LogP) is 4.66. The first-order valence-corrected chi connectivity index (χ1v) is 12.9. The number of benzene rings is 1. The third-order valence-electron chi connectivity index (χ3n) is 6.56. The molecule has 1 atom stereocenters. The van der Waals surface area contributed by atoms with Crippen molar-refractivity contribution in [3.63, 3.8) is 0 Å². The minimum atomic E-state index is -0.511. The van der Waals surface area contributed by atoms with Crippen LogP contribution in [0.25, 0.3) is 10.2 Å². The number of thioether (sulfide) groups is 1. The molecular weight excluding hydrogens is 456 g/mol. The molecule has 5 rings (SSSR count). The number of fused-ring (bicyclic) bond motifs is 2. The van der Waals surface area contributed by atoms with Gasteiger partial charge >= 0.3 is 0 Å². The van der Waals surface area contributed by atoms with Crippen LogP contribution in [0.3, 0.4) is 0 Å². The number of nitrogens with one attached hydrogen (secondary N) is 1. The summed E-state index contributed by atoms with van der Waals surface area (Å²) in [5.41, 5.74) is 2.32. The molecule has 172 valence electrons. The molecule has 0 bridgehead atoms. The van der Waals surface area contributed by atoms with Gasteiger partial charge in [-0.05, 0) is 51.3 Å². The Hall–Kier alpha value is -2.65. The lowest BCUT2D eigenvalue weighted by atomic mass is 10.2. The van der Waals surface area contributed by atoms with Gasteiger partial charge in [-0.2, -0.15) is 0 Å². The maximum atomic E-state index is 13.6. The summed E-state index contributed by atoms with van der Waals surface area (Å²) >= 11 is 2.84. The lowest BCUT2D eigenvalue weighted by molar-refractivity contribution is -0.121. The maximum Gasteiger partial charge on any atom is 0.263 e. The molecule has 2 amide bonds. The van der Waals surface area contributed by atoms with Crippen molar-refractivity contribution < 1.29 is 9.59 Å². The lowest BCUT2D eigenvalue weighted by Gasteiger charge is -2.31. The Balaban J connectivity index is 1.52. The number of rotatable bonds is 4. The van der Waals surface area contributed by atoms with E-state index in [1.807, 2.05) is 43.5 Å². The zero-order valence-corrected chi connectivity index (χ0v) is 20.5. The molecule has 2 aromatic heterocycles. The van der Waals surface area contributed by atoms with E-state index in [0.717, 1.165) is 41.0 Å². The average Bonchev–Trinajstić information content (AvgIpc) is 3.41. The van der Waals surface area contributed by atoms with E-state index in [-0.39, 0.29) is 30.0 Å². The van der Waals surface area contributed by atoms with Crippen molar-refractivity contribution in [2.75, 3.05) is 16.8 Å². The number of nitrogens with zero attached hydrogens (tertiary/aromatic N) is 3. The van der Waals surface area contributed by atoms with E-state index in [1.165, 1.54) is 28.0 Å². The minimum absolute atomic E-state index is 0.00130. The number of hydrogen-bond acceptors (Lipinski definition) is 6. The van der Waals surface area contributed by atoms with Gasteiger partial charge < -0.3 is 5.32 Å². The quantitative estimate of drug-likeness (QED) is 0.432. The fourth-order valence-electron chi connectivity index (χ4n) is 4.71. The number of aryl methyl sites for hydroxylation is 2. The second-order valence-electron chi connectivity index (χ2n) is 8.72. The third-order valence-corrected chi connectivity index (χ3v) is 8.71. The van der Waals surface area contributed by atoms with E-state index < -0.39 is 5.25 Å². The van der Waals surface area contributed by atoms with Crippen molar-refractivity contribution in [2.45, 2.75) is 62.9 Å². The number of anilines is 2. The van der Waals surface area contributed by atoms with Crippen molar-refractivity contribution in [1.29, 1.82) is 0 Å². The Kier molecular flexibility index (Phi) is 5.78. The van der Waals surface area contributed by atoms with Gasteiger partial charge in [0.05, 0.1) is 22.0 Å². The summed E-state index contributed by atoms with van der Waals surface area (Å²) in [5.74, 6) is -0.389. The van der Waals surface area contributed by atoms with Crippen LogP contribution < -0.4 is 15.8 Å². The Morgan fingerprint density at radius 1 is 1.21 bits per heavy atom. The largest absolute Gasteiger partial charge is 0.323 e. The molecular formula is C24H26N4O3S2. The summed E-state index contributed by atoms with van der Waals surface area (Å²) < 4.78 is 1.83. The zero-order valence-electron chi connectivity index (χ0n) is 18.9. The van der Waals surface area contributed by atoms with Crippen LogP contribution in [0.1, 0.15) is 49.1 Å². The van der Waals surface area contributed by atoms with E-state index in [9.17, 15) is 14.4 Å². The van der Waals surface area contributed by atoms with Crippen LogP contribution >= 0.6 is 23.1 Å². The summed E-state index contributed by atoms with van der Waals surface area (Å²) in [7, 11) is 0. The summed E-state index contributed by atoms with van der Waals surface area (Å²) in [5, 5.41) is 3.60. The van der Waals surface area contributed by atoms with E-state index in [4.69, 9.17) is 4.98 Å². The molecule has 1 aromatic carbocycles. The summed E-state index contributed by atoms with van der Waals surface area (Å²) in [4.78, 5) is 47.5. The number of para-hydroxylation sites is 2. The molecule has 3 heterocycles. The zero-order chi connectivity index (χ0) is 23.3. The normalized spacial score (nSPS) is 17.3. The molecule has 2 aliphatic rings. The molecule has 1 saturated carbocycles. The van der Waals surface area contributed by atoms with Crippen molar-refractivity contribution in [1.82, 2.24) is 9.55 Å². The van der Waals surface area contributed by atoms with Gasteiger partial charge in [-0.15, -0.1) is 11.3 Å². The van der Waals surface area contributed by atoms with Crippen molar-refractivity contribution in [3.05, 3.63) is 45.1 Å². The second-order valence-corrected chi connectivity index (χ2v) is 11.2. The second kappa shape index (κ2) is 8.61. The van der Waals surface area contributed by atoms with Gasteiger partial charge in [0, 0.05) is 10.9 Å². The highest BCUT2D eigenvalue weighted by Gasteiger charge is 2.32. The maximum absolute atomic E-state index is 13.6. The van der Waals surface area contributed by atoms with Gasteiger partial charge in [-0.1, -0.05) is 36.7 Å². The van der Waals surface area contributed by atoms with Crippen molar-refractivity contribution in [3.8, 4) is 0 Å². The molecule has 0 unspecified atom stereocenters. The standard InChI is InChI=1S/C24H26N4O3S2/c1-13-14(2)32-21-20(13)23(31)28(16-8-4-5-9-16)24(26-21)33-15(3)22(30)27-12-19(29)25-17-10-6-7-11-18(17)27/h6-7,10-11,15-16H,4-5,8-9,12H2,1-3H3,(H,25,29)/t15-/m0/s1. The van der Waals surface area contributed by atoms with E-state index in [2.05, 4.69) is 5.32 Å². The number of amides is 2. The molecule has 9 heteroatoms. The molecule has 0 spiro atoms. The van der Waals surface area contributed by atoms with Gasteiger partial charge in [-0.25, -0.2) is 4.98 Å². The molecule has 1 fully saturated rings. The topological polar surface area (TPSA) is 84.3 Å². The van der Waals surface area contributed by atoms with E-state index in [1.54, 1.807) is 6.07 Å². The highest BCUT2D eigenvalue weighted by molar-refractivity contribution is 8.00. The van der Waals surface area contributed by atoms with Crippen LogP contribution in [0.2, 0.25) is 0 Å². The van der Waals surface area contributed by atoms with Gasteiger partial charge in [0.25, 0.3) is 5.56 Å². The van der Waals surface area contributed by atoms with Crippen LogP contribution in [0.5, 0.6) is 0 Å². The van der Waals surface area contributed by atoms with Crippen LogP contribution in [0, 0.1) is 13.8 Å². The van der Waals surface area contributed by atoms with E-state index >= 15 is 0 Å². The Morgan fingerprint density at radius 3 is 2.70 bits per heavy atom. The predicted molar refractivity (Wildman–Crippen MR) is 134 cm³/mol. The molecule has 0 radical (unpaired) electrons. The van der Waals surface area contributed by atoms with Crippen LogP contribution in [0.4, 0.5) is 11.4 Å². The van der Waals surface area contributed by atoms with Gasteiger partial charge in [0.2, 0.25) is 11.8 Å². The number of carbonyl (C=O) groups is 2. The van der Waals surface area contributed by atoms with Gasteiger partial charge in [0.15, 0.2) is 5.16 Å². The third kappa shape index (κ3) is 3.87. The average molecular weight is 483 g/mol. The number of carbonyl (C=O) groups excluding carboxylic acids is 2. The Morgan fingerprint density at radius 2 is 1.94 bits per heavy atom. The molecule has 1 aliphatic carbocycles. The molecule has 33 heavy (non-hydrogen) atoms. The Bertz CT molecular complexity index is 1320. The van der Waals surface area contributed by atoms with Crippen LogP contribution in [-0.2, 0) is 9.59 Å². The van der Waals surface area contributed by atoms with Crippen molar-refractivity contribution >= 4 is 56.5 Å². The highest BCUT2D eigenvalue weighted by atomic mass is 32.2. The summed E-state index contributed by atoms with van der Waals surface area (Å²) in [6.07, 6.45) is 4.08. The van der Waals surface area contributed by atoms with Gasteiger partial charge in [0.1, 0.15) is 11.4 Å². The van der Waals surface area contributed by atoms with Crippen LogP contribution in [-0.4, -0.2) is 33.2 Å². The molecule has 3 aromatic rings. The molecule has 1 aliphatic heterocycles. The number of thiophene rings is 1. The molecule has 7 nitrogen and oxygen atoms in total. The Labute approximate surface area is 200 Å². The fraction of sp³-hybridized carbons (Fsp3) is 0.417. The first-order valence-electron chi connectivity index (χ1n) is 11.2. The van der Waals surface area contributed by atoms with Gasteiger partial charge in [-0.3, -0.25) is 23.9 Å². The smallest absolute Gasteiger partial charge is 0.263 e. The first-order chi connectivity index (χ1) is 15.8. The summed E-state index contributed by atoms with van der Waals surface area (Å²) in [6.45, 7) is 5.79. The molecule has 1 N–H and O–H groups in total. The molecule has 0 saturated heterocycles. The fourth-order valence-corrected chi connectivity index (χ4v) is 6.82. The number of hydrogen-bond donors (Lipinski definition) is 1. The lowest BCUT2D eigenvalue weighted by Crippen LogP contribution is -2.45.